The highest BCUT2D eigenvalue weighted by Crippen LogP contribution is 2.27. The Labute approximate surface area is 95.0 Å². The Morgan fingerprint density at radius 3 is 2.50 bits per heavy atom. The summed E-state index contributed by atoms with van der Waals surface area (Å²) in [5, 5.41) is 2.48. The molecule has 0 radical (unpaired) electrons. The van der Waals surface area contributed by atoms with E-state index in [-0.39, 0.29) is 0 Å². The van der Waals surface area contributed by atoms with Crippen LogP contribution < -0.4 is 10.5 Å². The summed E-state index contributed by atoms with van der Waals surface area (Å²) in [6, 6.07) is 14.9. The zero-order valence-corrected chi connectivity index (χ0v) is 9.10. The third kappa shape index (κ3) is 1.76. The first-order chi connectivity index (χ1) is 7.81. The minimum atomic E-state index is 0.316. The molecule has 2 nitrogen and oxygen atoms in total. The number of hydrogen-bond donors (Lipinski definition) is 1. The maximum atomic E-state index is 5.85. The predicted octanol–water partition coefficient (Wildman–Crippen LogP) is 2.71. The molecule has 2 heteroatoms. The Morgan fingerprint density at radius 2 is 1.75 bits per heavy atom. The number of ether oxygens (including phenoxy) is 1. The van der Waals surface area contributed by atoms with Crippen LogP contribution >= 0.6 is 0 Å². The second-order valence-corrected chi connectivity index (χ2v) is 4.48. The number of hydrogen-bond acceptors (Lipinski definition) is 2. The zero-order chi connectivity index (χ0) is 11.0. The van der Waals surface area contributed by atoms with Crippen LogP contribution in [0.3, 0.4) is 0 Å². The molecule has 0 spiro atoms. The number of fused-ring (bicyclic) bond motifs is 1. The Kier molecular flexibility index (Phi) is 2.29. The van der Waals surface area contributed by atoms with Crippen molar-refractivity contribution in [1.29, 1.82) is 0 Å². The van der Waals surface area contributed by atoms with E-state index in [4.69, 9.17) is 10.5 Å². The van der Waals surface area contributed by atoms with Gasteiger partial charge >= 0.3 is 0 Å². The van der Waals surface area contributed by atoms with Crippen molar-refractivity contribution in [2.45, 2.75) is 25.0 Å². The molecular weight excluding hydrogens is 198 g/mol. The van der Waals surface area contributed by atoms with Gasteiger partial charge in [0.25, 0.3) is 0 Å². The minimum Gasteiger partial charge on any atom is -0.490 e. The van der Waals surface area contributed by atoms with Crippen molar-refractivity contribution in [2.75, 3.05) is 0 Å². The van der Waals surface area contributed by atoms with Crippen molar-refractivity contribution < 1.29 is 4.74 Å². The molecule has 0 aliphatic heterocycles. The van der Waals surface area contributed by atoms with Gasteiger partial charge in [-0.25, -0.2) is 0 Å². The summed E-state index contributed by atoms with van der Waals surface area (Å²) in [7, 11) is 0. The summed E-state index contributed by atoms with van der Waals surface area (Å²) < 4.78 is 5.85. The van der Waals surface area contributed by atoms with Crippen LogP contribution in [-0.2, 0) is 0 Å². The van der Waals surface area contributed by atoms with Gasteiger partial charge < -0.3 is 10.5 Å². The predicted molar refractivity (Wildman–Crippen MR) is 65.6 cm³/mol. The molecule has 0 aromatic heterocycles. The van der Waals surface area contributed by atoms with Gasteiger partial charge in [0.2, 0.25) is 0 Å². The second kappa shape index (κ2) is 3.80. The zero-order valence-electron chi connectivity index (χ0n) is 9.10. The van der Waals surface area contributed by atoms with Crippen LogP contribution in [0.15, 0.2) is 42.5 Å². The van der Waals surface area contributed by atoms with Gasteiger partial charge in [0.1, 0.15) is 11.9 Å². The van der Waals surface area contributed by atoms with Crippen molar-refractivity contribution >= 4 is 10.8 Å². The van der Waals surface area contributed by atoms with Crippen molar-refractivity contribution in [1.82, 2.24) is 0 Å². The van der Waals surface area contributed by atoms with Gasteiger partial charge in [-0.05, 0) is 35.7 Å². The van der Waals surface area contributed by atoms with Crippen LogP contribution in [0.4, 0.5) is 0 Å². The maximum absolute atomic E-state index is 5.85. The highest BCUT2D eigenvalue weighted by Gasteiger charge is 2.27. The quantitative estimate of drug-likeness (QED) is 0.832. The van der Waals surface area contributed by atoms with Crippen LogP contribution in [0.25, 0.3) is 10.8 Å². The number of nitrogens with two attached hydrogens (primary N) is 1. The SMILES string of the molecule is NC1CC(Oc2ccc3ccccc3c2)C1. The molecule has 82 valence electrons. The molecule has 0 amide bonds. The van der Waals surface area contributed by atoms with Crippen molar-refractivity contribution in [2.24, 2.45) is 5.73 Å². The largest absolute Gasteiger partial charge is 0.490 e. The number of benzene rings is 2. The van der Waals surface area contributed by atoms with Gasteiger partial charge in [-0.2, -0.15) is 0 Å². The summed E-state index contributed by atoms with van der Waals surface area (Å²) in [5.41, 5.74) is 5.73. The van der Waals surface area contributed by atoms with E-state index < -0.39 is 0 Å². The topological polar surface area (TPSA) is 35.2 Å². The van der Waals surface area contributed by atoms with Gasteiger partial charge in [-0.3, -0.25) is 0 Å². The third-order valence-corrected chi connectivity index (χ3v) is 3.15. The average molecular weight is 213 g/mol. The summed E-state index contributed by atoms with van der Waals surface area (Å²) in [6.07, 6.45) is 2.27. The van der Waals surface area contributed by atoms with Gasteiger partial charge in [0.05, 0.1) is 0 Å². The van der Waals surface area contributed by atoms with E-state index >= 15 is 0 Å². The van der Waals surface area contributed by atoms with E-state index in [0.717, 1.165) is 18.6 Å². The summed E-state index contributed by atoms with van der Waals surface area (Å²) in [6.45, 7) is 0. The molecule has 0 heterocycles. The van der Waals surface area contributed by atoms with Gasteiger partial charge in [0, 0.05) is 6.04 Å². The van der Waals surface area contributed by atoms with E-state index in [2.05, 4.69) is 24.3 Å². The number of rotatable bonds is 2. The first-order valence-electron chi connectivity index (χ1n) is 5.72. The Bertz CT molecular complexity index is 503. The summed E-state index contributed by atoms with van der Waals surface area (Å²) in [4.78, 5) is 0. The molecule has 0 saturated heterocycles. The Morgan fingerprint density at radius 1 is 1.00 bits per heavy atom. The molecule has 1 fully saturated rings. The fourth-order valence-electron chi connectivity index (χ4n) is 2.14. The average Bonchev–Trinajstić information content (AvgIpc) is 2.27. The maximum Gasteiger partial charge on any atom is 0.120 e. The van der Waals surface area contributed by atoms with Gasteiger partial charge in [-0.15, -0.1) is 0 Å². The van der Waals surface area contributed by atoms with E-state index in [0.29, 0.717) is 12.1 Å². The molecular formula is C14H15NO. The molecule has 3 rings (SSSR count). The first-order valence-corrected chi connectivity index (χ1v) is 5.72. The summed E-state index contributed by atoms with van der Waals surface area (Å²) in [5.74, 6) is 0.954. The normalized spacial score (nSPS) is 24.1. The third-order valence-electron chi connectivity index (χ3n) is 3.15. The Balaban J connectivity index is 1.82. The summed E-state index contributed by atoms with van der Waals surface area (Å²) >= 11 is 0. The molecule has 0 unspecified atom stereocenters. The minimum absolute atomic E-state index is 0.316. The van der Waals surface area contributed by atoms with Crippen LogP contribution in [0, 0.1) is 0 Å². The highest BCUT2D eigenvalue weighted by atomic mass is 16.5. The molecule has 1 aliphatic carbocycles. The second-order valence-electron chi connectivity index (χ2n) is 4.48. The molecule has 1 aliphatic rings. The molecule has 1 saturated carbocycles. The van der Waals surface area contributed by atoms with Crippen molar-refractivity contribution in [3.05, 3.63) is 42.5 Å². The van der Waals surface area contributed by atoms with Gasteiger partial charge in [0.15, 0.2) is 0 Å². The lowest BCUT2D eigenvalue weighted by molar-refractivity contribution is 0.101. The monoisotopic (exact) mass is 213 g/mol. The van der Waals surface area contributed by atoms with E-state index in [9.17, 15) is 0 Å². The molecule has 2 N–H and O–H groups in total. The fourth-order valence-corrected chi connectivity index (χ4v) is 2.14. The lowest BCUT2D eigenvalue weighted by atomic mass is 9.90. The van der Waals surface area contributed by atoms with Crippen LogP contribution in [0.1, 0.15) is 12.8 Å². The lowest BCUT2D eigenvalue weighted by Crippen LogP contribution is -2.43. The van der Waals surface area contributed by atoms with E-state index in [1.54, 1.807) is 0 Å². The Hall–Kier alpha value is -1.54. The highest BCUT2D eigenvalue weighted by molar-refractivity contribution is 5.83. The molecule has 0 atom stereocenters. The van der Waals surface area contributed by atoms with E-state index in [1.165, 1.54) is 10.8 Å². The smallest absolute Gasteiger partial charge is 0.120 e. The first kappa shape index (κ1) is 9.67. The van der Waals surface area contributed by atoms with Crippen LogP contribution in [0.2, 0.25) is 0 Å². The van der Waals surface area contributed by atoms with E-state index in [1.807, 2.05) is 18.2 Å². The molecule has 2 aromatic carbocycles. The molecule has 16 heavy (non-hydrogen) atoms. The standard InChI is InChI=1S/C14H15NO/c15-12-8-14(9-12)16-13-6-5-10-3-1-2-4-11(10)7-13/h1-7,12,14H,8-9,15H2. The molecule has 0 bridgehead atoms. The fraction of sp³-hybridized carbons (Fsp3) is 0.286. The van der Waals surface area contributed by atoms with Gasteiger partial charge in [-0.1, -0.05) is 30.3 Å². The van der Waals surface area contributed by atoms with Crippen molar-refractivity contribution in [3.63, 3.8) is 0 Å². The lowest BCUT2D eigenvalue weighted by Gasteiger charge is -2.32. The van der Waals surface area contributed by atoms with Crippen LogP contribution in [0.5, 0.6) is 5.75 Å². The molecule has 2 aromatic rings. The van der Waals surface area contributed by atoms with Crippen LogP contribution in [-0.4, -0.2) is 12.1 Å². The van der Waals surface area contributed by atoms with Crippen molar-refractivity contribution in [3.8, 4) is 5.75 Å².